The summed E-state index contributed by atoms with van der Waals surface area (Å²) in [6.45, 7) is 0.498. The summed E-state index contributed by atoms with van der Waals surface area (Å²) in [6, 6.07) is 3.93. The van der Waals surface area contributed by atoms with Crippen LogP contribution in [0.4, 0.5) is 5.69 Å². The SMILES string of the molecule is CN(C)C(N)=NCc1ncccc1N(C)C. The Morgan fingerprint density at radius 1 is 1.38 bits per heavy atom. The molecule has 0 aliphatic carbocycles. The molecule has 0 aromatic carbocycles. The summed E-state index contributed by atoms with van der Waals surface area (Å²) in [5, 5.41) is 0. The number of hydrogen-bond acceptors (Lipinski definition) is 3. The summed E-state index contributed by atoms with van der Waals surface area (Å²) in [6.07, 6.45) is 1.77. The minimum Gasteiger partial charge on any atom is -0.376 e. The number of rotatable bonds is 3. The molecule has 0 saturated carbocycles. The Labute approximate surface area is 96.6 Å². The van der Waals surface area contributed by atoms with Gasteiger partial charge in [0, 0.05) is 34.4 Å². The highest BCUT2D eigenvalue weighted by Gasteiger charge is 2.04. The molecule has 0 amide bonds. The molecule has 0 spiro atoms. The fourth-order valence-electron chi connectivity index (χ4n) is 1.26. The lowest BCUT2D eigenvalue weighted by Gasteiger charge is -2.16. The van der Waals surface area contributed by atoms with E-state index in [1.165, 1.54) is 0 Å². The van der Waals surface area contributed by atoms with Gasteiger partial charge in [-0.15, -0.1) is 0 Å². The highest BCUT2D eigenvalue weighted by molar-refractivity contribution is 5.77. The number of hydrogen-bond donors (Lipinski definition) is 1. The number of aromatic nitrogens is 1. The number of nitrogens with zero attached hydrogens (tertiary/aromatic N) is 4. The third kappa shape index (κ3) is 3.12. The van der Waals surface area contributed by atoms with E-state index in [1.807, 2.05) is 45.2 Å². The number of anilines is 1. The molecule has 0 aliphatic rings. The zero-order valence-electron chi connectivity index (χ0n) is 10.3. The van der Waals surface area contributed by atoms with E-state index in [1.54, 1.807) is 11.1 Å². The standard InChI is InChI=1S/C11H19N5/c1-15(2)10-6-5-7-13-9(10)8-14-11(12)16(3)4/h5-7H,8H2,1-4H3,(H2,12,14). The number of aliphatic imine (C=N–C) groups is 1. The average Bonchev–Trinajstić information content (AvgIpc) is 2.25. The molecular formula is C11H19N5. The fourth-order valence-corrected chi connectivity index (χ4v) is 1.26. The van der Waals surface area contributed by atoms with Gasteiger partial charge in [-0.05, 0) is 12.1 Å². The Hall–Kier alpha value is -1.78. The van der Waals surface area contributed by atoms with Crippen molar-refractivity contribution in [3.05, 3.63) is 24.0 Å². The largest absolute Gasteiger partial charge is 0.376 e. The lowest BCUT2D eigenvalue weighted by Crippen LogP contribution is -2.30. The van der Waals surface area contributed by atoms with Gasteiger partial charge in [0.15, 0.2) is 5.96 Å². The predicted molar refractivity (Wildman–Crippen MR) is 67.6 cm³/mol. The monoisotopic (exact) mass is 221 g/mol. The first-order valence-corrected chi connectivity index (χ1v) is 5.11. The first-order chi connectivity index (χ1) is 7.52. The van der Waals surface area contributed by atoms with Crippen LogP contribution in [0.5, 0.6) is 0 Å². The zero-order valence-corrected chi connectivity index (χ0v) is 10.3. The van der Waals surface area contributed by atoms with Crippen molar-refractivity contribution in [2.24, 2.45) is 10.7 Å². The van der Waals surface area contributed by atoms with E-state index in [2.05, 4.69) is 9.98 Å². The van der Waals surface area contributed by atoms with E-state index in [0.717, 1.165) is 11.4 Å². The van der Waals surface area contributed by atoms with Gasteiger partial charge in [0.2, 0.25) is 0 Å². The number of nitrogens with two attached hydrogens (primary N) is 1. The molecule has 1 aromatic rings. The van der Waals surface area contributed by atoms with Crippen molar-refractivity contribution in [1.29, 1.82) is 0 Å². The topological polar surface area (TPSA) is 57.8 Å². The van der Waals surface area contributed by atoms with Crippen molar-refractivity contribution < 1.29 is 0 Å². The van der Waals surface area contributed by atoms with E-state index in [-0.39, 0.29) is 0 Å². The molecule has 0 fully saturated rings. The van der Waals surface area contributed by atoms with E-state index in [4.69, 9.17) is 5.73 Å². The molecule has 0 saturated heterocycles. The zero-order chi connectivity index (χ0) is 12.1. The van der Waals surface area contributed by atoms with Crippen LogP contribution in [0.2, 0.25) is 0 Å². The molecule has 0 unspecified atom stereocenters. The highest BCUT2D eigenvalue weighted by Crippen LogP contribution is 2.15. The van der Waals surface area contributed by atoms with Gasteiger partial charge in [0.25, 0.3) is 0 Å². The van der Waals surface area contributed by atoms with Gasteiger partial charge in [0.05, 0.1) is 17.9 Å². The quantitative estimate of drug-likeness (QED) is 0.597. The van der Waals surface area contributed by atoms with Gasteiger partial charge in [-0.2, -0.15) is 0 Å². The maximum absolute atomic E-state index is 5.73. The van der Waals surface area contributed by atoms with Crippen LogP contribution < -0.4 is 10.6 Å². The predicted octanol–water partition coefficient (Wildman–Crippen LogP) is 0.524. The normalized spacial score (nSPS) is 11.4. The Bertz CT molecular complexity index is 370. The minimum absolute atomic E-state index is 0.498. The maximum atomic E-state index is 5.73. The number of guanidine groups is 1. The van der Waals surface area contributed by atoms with Crippen LogP contribution in [0.25, 0.3) is 0 Å². The van der Waals surface area contributed by atoms with Gasteiger partial charge in [-0.3, -0.25) is 4.98 Å². The van der Waals surface area contributed by atoms with Crippen LogP contribution in [-0.4, -0.2) is 44.0 Å². The molecule has 0 atom stereocenters. The first kappa shape index (κ1) is 12.3. The smallest absolute Gasteiger partial charge is 0.191 e. The fraction of sp³-hybridized carbons (Fsp3) is 0.455. The molecule has 0 bridgehead atoms. The van der Waals surface area contributed by atoms with Crippen molar-refractivity contribution in [2.75, 3.05) is 33.1 Å². The van der Waals surface area contributed by atoms with E-state index in [9.17, 15) is 0 Å². The minimum atomic E-state index is 0.498. The summed E-state index contributed by atoms with van der Waals surface area (Å²) >= 11 is 0. The summed E-state index contributed by atoms with van der Waals surface area (Å²) in [5.41, 5.74) is 7.72. The summed E-state index contributed by atoms with van der Waals surface area (Å²) in [5.74, 6) is 0.510. The van der Waals surface area contributed by atoms with Crippen LogP contribution in [0.3, 0.4) is 0 Å². The molecule has 0 radical (unpaired) electrons. The van der Waals surface area contributed by atoms with Crippen molar-refractivity contribution >= 4 is 11.6 Å². The second-order valence-electron chi connectivity index (χ2n) is 3.93. The summed E-state index contributed by atoms with van der Waals surface area (Å²) < 4.78 is 0. The lowest BCUT2D eigenvalue weighted by molar-refractivity contribution is 0.608. The molecule has 5 nitrogen and oxygen atoms in total. The van der Waals surface area contributed by atoms with E-state index >= 15 is 0 Å². The average molecular weight is 221 g/mol. The van der Waals surface area contributed by atoms with Crippen molar-refractivity contribution in [3.8, 4) is 0 Å². The number of pyridine rings is 1. The van der Waals surface area contributed by atoms with Crippen LogP contribution in [0.15, 0.2) is 23.3 Å². The summed E-state index contributed by atoms with van der Waals surface area (Å²) in [7, 11) is 7.70. The molecular weight excluding hydrogens is 202 g/mol. The van der Waals surface area contributed by atoms with Crippen molar-refractivity contribution in [2.45, 2.75) is 6.54 Å². The second-order valence-corrected chi connectivity index (χ2v) is 3.93. The van der Waals surface area contributed by atoms with Crippen LogP contribution >= 0.6 is 0 Å². The lowest BCUT2D eigenvalue weighted by atomic mass is 10.3. The molecule has 5 heteroatoms. The van der Waals surface area contributed by atoms with E-state index in [0.29, 0.717) is 12.5 Å². The first-order valence-electron chi connectivity index (χ1n) is 5.11. The third-order valence-electron chi connectivity index (χ3n) is 2.20. The molecule has 1 heterocycles. The molecule has 0 aliphatic heterocycles. The Morgan fingerprint density at radius 3 is 2.62 bits per heavy atom. The summed E-state index contributed by atoms with van der Waals surface area (Å²) in [4.78, 5) is 12.4. The second kappa shape index (κ2) is 5.34. The van der Waals surface area contributed by atoms with Gasteiger partial charge in [-0.25, -0.2) is 4.99 Å². The Kier molecular flexibility index (Phi) is 4.10. The molecule has 1 rings (SSSR count). The van der Waals surface area contributed by atoms with Crippen LogP contribution in [-0.2, 0) is 6.54 Å². The Balaban J connectivity index is 2.85. The van der Waals surface area contributed by atoms with Gasteiger partial charge in [-0.1, -0.05) is 0 Å². The van der Waals surface area contributed by atoms with Gasteiger partial charge in [0.1, 0.15) is 0 Å². The van der Waals surface area contributed by atoms with E-state index < -0.39 is 0 Å². The maximum Gasteiger partial charge on any atom is 0.191 e. The molecule has 1 aromatic heterocycles. The molecule has 16 heavy (non-hydrogen) atoms. The van der Waals surface area contributed by atoms with Crippen LogP contribution in [0.1, 0.15) is 5.69 Å². The van der Waals surface area contributed by atoms with Crippen LogP contribution in [0, 0.1) is 0 Å². The van der Waals surface area contributed by atoms with Crippen molar-refractivity contribution in [1.82, 2.24) is 9.88 Å². The van der Waals surface area contributed by atoms with Gasteiger partial charge < -0.3 is 15.5 Å². The molecule has 2 N–H and O–H groups in total. The third-order valence-corrected chi connectivity index (χ3v) is 2.20. The van der Waals surface area contributed by atoms with Crippen molar-refractivity contribution in [3.63, 3.8) is 0 Å². The molecule has 88 valence electrons. The highest BCUT2D eigenvalue weighted by atomic mass is 15.2. The van der Waals surface area contributed by atoms with Gasteiger partial charge >= 0.3 is 0 Å². The Morgan fingerprint density at radius 2 is 2.06 bits per heavy atom.